The summed E-state index contributed by atoms with van der Waals surface area (Å²) < 4.78 is 11.4. The number of nitrogens with one attached hydrogen (secondary N) is 1. The molecule has 148 valence electrons. The maximum absolute atomic E-state index is 12.1. The summed E-state index contributed by atoms with van der Waals surface area (Å²) in [7, 11) is 1.42. The summed E-state index contributed by atoms with van der Waals surface area (Å²) in [5.74, 6) is -0.254. The van der Waals surface area contributed by atoms with E-state index in [-0.39, 0.29) is 12.0 Å². The monoisotopic (exact) mass is 387 g/mol. The van der Waals surface area contributed by atoms with Crippen LogP contribution in [0.5, 0.6) is 0 Å². The van der Waals surface area contributed by atoms with Crippen LogP contribution in [0.25, 0.3) is 11.1 Å². The molecule has 2 atom stereocenters. The molecule has 1 N–H and O–H groups in total. The highest BCUT2D eigenvalue weighted by molar-refractivity contribution is 5.76. The minimum Gasteiger partial charge on any atom is -0.468 e. The number of hydrogen-bond donors (Lipinski definition) is 1. The van der Waals surface area contributed by atoms with Crippen LogP contribution in [0.4, 0.5) is 0 Å². The number of benzene rings is 3. The molecule has 0 aliphatic carbocycles. The highest BCUT2D eigenvalue weighted by Gasteiger charge is 2.44. The standard InChI is InChI=1S/C25H25NO3/c1-28-24(27)23-16-25(18-26-23,29-17-19-8-4-2-5-9-19)22-14-12-21(13-15-22)20-10-6-3-7-11-20/h2-15,23,26H,16-18H2,1H3. The molecule has 1 aliphatic heterocycles. The summed E-state index contributed by atoms with van der Waals surface area (Å²) in [6, 6.07) is 28.5. The highest BCUT2D eigenvalue weighted by atomic mass is 16.5. The van der Waals surface area contributed by atoms with Gasteiger partial charge in [-0.25, -0.2) is 0 Å². The zero-order chi connectivity index (χ0) is 20.1. The lowest BCUT2D eigenvalue weighted by atomic mass is 9.89. The maximum atomic E-state index is 12.1. The van der Waals surface area contributed by atoms with Crippen LogP contribution in [-0.4, -0.2) is 25.7 Å². The van der Waals surface area contributed by atoms with Gasteiger partial charge in [-0.05, 0) is 22.3 Å². The molecule has 0 spiro atoms. The van der Waals surface area contributed by atoms with E-state index in [0.29, 0.717) is 19.6 Å². The van der Waals surface area contributed by atoms with Crippen molar-refractivity contribution >= 4 is 5.97 Å². The van der Waals surface area contributed by atoms with Gasteiger partial charge < -0.3 is 14.8 Å². The number of esters is 1. The normalized spacial score (nSPS) is 21.1. The van der Waals surface area contributed by atoms with Gasteiger partial charge in [0.15, 0.2) is 0 Å². The first kappa shape index (κ1) is 19.4. The molecule has 1 fully saturated rings. The van der Waals surface area contributed by atoms with Gasteiger partial charge in [0.25, 0.3) is 0 Å². The Morgan fingerprint density at radius 2 is 1.55 bits per heavy atom. The van der Waals surface area contributed by atoms with E-state index in [2.05, 4.69) is 41.7 Å². The summed E-state index contributed by atoms with van der Waals surface area (Å²) in [6.45, 7) is 1.04. The fourth-order valence-corrected chi connectivity index (χ4v) is 3.88. The number of rotatable bonds is 6. The van der Waals surface area contributed by atoms with E-state index >= 15 is 0 Å². The van der Waals surface area contributed by atoms with Crippen molar-refractivity contribution in [1.82, 2.24) is 5.32 Å². The van der Waals surface area contributed by atoms with E-state index in [1.165, 1.54) is 12.7 Å². The molecule has 0 aromatic heterocycles. The lowest BCUT2D eigenvalue weighted by molar-refractivity contribution is -0.143. The van der Waals surface area contributed by atoms with Gasteiger partial charge in [-0.15, -0.1) is 0 Å². The molecule has 29 heavy (non-hydrogen) atoms. The molecule has 3 aromatic carbocycles. The van der Waals surface area contributed by atoms with Gasteiger partial charge in [0, 0.05) is 13.0 Å². The van der Waals surface area contributed by atoms with Gasteiger partial charge in [-0.2, -0.15) is 0 Å². The Balaban J connectivity index is 1.60. The molecule has 3 aromatic rings. The Hall–Kier alpha value is -2.95. The summed E-state index contributed by atoms with van der Waals surface area (Å²) in [5, 5.41) is 3.28. The van der Waals surface area contributed by atoms with Gasteiger partial charge in [0.2, 0.25) is 0 Å². The second-order valence-corrected chi connectivity index (χ2v) is 7.37. The zero-order valence-electron chi connectivity index (χ0n) is 16.5. The first-order valence-electron chi connectivity index (χ1n) is 9.85. The van der Waals surface area contributed by atoms with Crippen molar-refractivity contribution < 1.29 is 14.3 Å². The molecule has 1 heterocycles. The number of carbonyl (C=O) groups excluding carboxylic acids is 1. The van der Waals surface area contributed by atoms with Crippen LogP contribution in [0, 0.1) is 0 Å². The minimum atomic E-state index is -0.579. The van der Waals surface area contributed by atoms with Crippen LogP contribution in [0.1, 0.15) is 17.5 Å². The Bertz CT molecular complexity index is 941. The fourth-order valence-electron chi connectivity index (χ4n) is 3.88. The van der Waals surface area contributed by atoms with Crippen LogP contribution < -0.4 is 5.32 Å². The minimum absolute atomic E-state index is 0.254. The average Bonchev–Trinajstić information content (AvgIpc) is 3.24. The Labute approximate surface area is 171 Å². The Kier molecular flexibility index (Phi) is 5.74. The van der Waals surface area contributed by atoms with E-state index in [0.717, 1.165) is 16.7 Å². The second-order valence-electron chi connectivity index (χ2n) is 7.37. The maximum Gasteiger partial charge on any atom is 0.322 e. The third kappa shape index (κ3) is 4.24. The number of methoxy groups -OCH3 is 1. The molecule has 4 nitrogen and oxygen atoms in total. The van der Waals surface area contributed by atoms with Crippen LogP contribution in [0.2, 0.25) is 0 Å². The highest BCUT2D eigenvalue weighted by Crippen LogP contribution is 2.37. The van der Waals surface area contributed by atoms with Crippen LogP contribution in [-0.2, 0) is 26.5 Å². The average molecular weight is 387 g/mol. The Morgan fingerprint density at radius 1 is 0.931 bits per heavy atom. The second kappa shape index (κ2) is 8.60. The summed E-state index contributed by atoms with van der Waals surface area (Å²) in [5.41, 5.74) is 3.92. The lowest BCUT2D eigenvalue weighted by Gasteiger charge is -2.30. The molecule has 1 saturated heterocycles. The quantitative estimate of drug-likeness (QED) is 0.641. The van der Waals surface area contributed by atoms with Gasteiger partial charge >= 0.3 is 5.97 Å². The Morgan fingerprint density at radius 3 is 2.21 bits per heavy atom. The van der Waals surface area contributed by atoms with Gasteiger partial charge in [-0.1, -0.05) is 84.9 Å². The summed E-state index contributed by atoms with van der Waals surface area (Å²) >= 11 is 0. The van der Waals surface area contributed by atoms with Gasteiger partial charge in [0.05, 0.1) is 13.7 Å². The predicted octanol–water partition coefficient (Wildman–Crippen LogP) is 4.30. The van der Waals surface area contributed by atoms with E-state index in [4.69, 9.17) is 9.47 Å². The number of hydrogen-bond acceptors (Lipinski definition) is 4. The van der Waals surface area contributed by atoms with E-state index in [9.17, 15) is 4.79 Å². The van der Waals surface area contributed by atoms with Crippen molar-refractivity contribution in [2.75, 3.05) is 13.7 Å². The van der Waals surface area contributed by atoms with Crippen LogP contribution in [0.15, 0.2) is 84.9 Å². The number of ether oxygens (including phenoxy) is 2. The van der Waals surface area contributed by atoms with E-state index in [1.807, 2.05) is 48.5 Å². The molecule has 0 radical (unpaired) electrons. The predicted molar refractivity (Wildman–Crippen MR) is 113 cm³/mol. The largest absolute Gasteiger partial charge is 0.468 e. The molecule has 1 aliphatic rings. The summed E-state index contributed by atoms with van der Waals surface area (Å²) in [4.78, 5) is 12.1. The molecular weight excluding hydrogens is 362 g/mol. The van der Waals surface area contributed by atoms with E-state index < -0.39 is 5.60 Å². The smallest absolute Gasteiger partial charge is 0.322 e. The topological polar surface area (TPSA) is 47.6 Å². The van der Waals surface area contributed by atoms with Crippen molar-refractivity contribution in [2.45, 2.75) is 24.7 Å². The van der Waals surface area contributed by atoms with Crippen molar-refractivity contribution in [3.05, 3.63) is 96.1 Å². The van der Waals surface area contributed by atoms with Crippen molar-refractivity contribution in [3.63, 3.8) is 0 Å². The zero-order valence-corrected chi connectivity index (χ0v) is 16.5. The number of carbonyl (C=O) groups is 1. The van der Waals surface area contributed by atoms with Crippen molar-refractivity contribution in [3.8, 4) is 11.1 Å². The van der Waals surface area contributed by atoms with Gasteiger partial charge in [-0.3, -0.25) is 4.79 Å². The van der Waals surface area contributed by atoms with E-state index in [1.54, 1.807) is 0 Å². The summed E-state index contributed by atoms with van der Waals surface area (Å²) in [6.07, 6.45) is 0.539. The van der Waals surface area contributed by atoms with Crippen LogP contribution in [0.3, 0.4) is 0 Å². The first-order valence-corrected chi connectivity index (χ1v) is 9.85. The molecular formula is C25H25NO3. The molecule has 0 bridgehead atoms. The SMILES string of the molecule is COC(=O)C1CC(OCc2ccccc2)(c2ccc(-c3ccccc3)cc2)CN1. The third-order valence-electron chi connectivity index (χ3n) is 5.53. The fraction of sp³-hybridized carbons (Fsp3) is 0.240. The first-order chi connectivity index (χ1) is 14.2. The molecule has 2 unspecified atom stereocenters. The molecule has 0 amide bonds. The lowest BCUT2D eigenvalue weighted by Crippen LogP contribution is -2.32. The van der Waals surface area contributed by atoms with Gasteiger partial charge in [0.1, 0.15) is 11.6 Å². The molecule has 4 rings (SSSR count). The molecule has 0 saturated carbocycles. The third-order valence-corrected chi connectivity index (χ3v) is 5.53. The van der Waals surface area contributed by atoms with Crippen molar-refractivity contribution in [2.24, 2.45) is 0 Å². The molecule has 4 heteroatoms. The van der Waals surface area contributed by atoms with Crippen LogP contribution >= 0.6 is 0 Å². The van der Waals surface area contributed by atoms with Crippen molar-refractivity contribution in [1.29, 1.82) is 0 Å².